The molecule has 0 unspecified atom stereocenters. The summed E-state index contributed by atoms with van der Waals surface area (Å²) in [6.45, 7) is 2.58. The zero-order chi connectivity index (χ0) is 14.0. The molecule has 1 aliphatic rings. The Labute approximate surface area is 110 Å². The third kappa shape index (κ3) is 3.08. The fourth-order valence-corrected chi connectivity index (χ4v) is 2.01. The maximum absolute atomic E-state index is 13.1. The van der Waals surface area contributed by atoms with Crippen molar-refractivity contribution in [2.75, 3.05) is 6.54 Å². The van der Waals surface area contributed by atoms with Crippen LogP contribution in [0.5, 0.6) is 0 Å². The summed E-state index contributed by atoms with van der Waals surface area (Å²) in [5.74, 6) is -4.61. The molecule has 1 fully saturated rings. The van der Waals surface area contributed by atoms with Gasteiger partial charge < -0.3 is 4.90 Å². The van der Waals surface area contributed by atoms with E-state index in [1.807, 2.05) is 6.92 Å². The van der Waals surface area contributed by atoms with Crippen LogP contribution >= 0.6 is 0 Å². The van der Waals surface area contributed by atoms with Gasteiger partial charge in [0.1, 0.15) is 0 Å². The molecule has 1 saturated carbocycles. The molecule has 1 aromatic rings. The van der Waals surface area contributed by atoms with Crippen LogP contribution in [0.1, 0.15) is 43.0 Å². The summed E-state index contributed by atoms with van der Waals surface area (Å²) in [4.78, 5) is 13.9. The number of unbranched alkanes of at least 4 members (excludes halogenated alkanes) is 1. The fourth-order valence-electron chi connectivity index (χ4n) is 2.01. The minimum atomic E-state index is -1.54. The van der Waals surface area contributed by atoms with Gasteiger partial charge in [-0.1, -0.05) is 13.3 Å². The molecule has 0 N–H and O–H groups in total. The normalized spacial score (nSPS) is 14.5. The van der Waals surface area contributed by atoms with E-state index >= 15 is 0 Å². The van der Waals surface area contributed by atoms with Crippen LogP contribution in [0.15, 0.2) is 12.1 Å². The highest BCUT2D eigenvalue weighted by Crippen LogP contribution is 2.29. The molecule has 5 heteroatoms. The second kappa shape index (κ2) is 5.63. The van der Waals surface area contributed by atoms with E-state index in [1.54, 1.807) is 4.90 Å². The average Bonchev–Trinajstić information content (AvgIpc) is 3.20. The third-order valence-electron chi connectivity index (χ3n) is 3.23. The number of carbonyl (C=O) groups is 1. The molecule has 0 bridgehead atoms. The zero-order valence-corrected chi connectivity index (χ0v) is 10.8. The first-order valence-electron chi connectivity index (χ1n) is 6.50. The molecule has 1 aromatic carbocycles. The van der Waals surface area contributed by atoms with Gasteiger partial charge >= 0.3 is 0 Å². The minimum absolute atomic E-state index is 0.126. The van der Waals surface area contributed by atoms with Crippen molar-refractivity contribution >= 4 is 5.91 Å². The smallest absolute Gasteiger partial charge is 0.254 e. The van der Waals surface area contributed by atoms with Crippen molar-refractivity contribution in [2.24, 2.45) is 0 Å². The van der Waals surface area contributed by atoms with Crippen LogP contribution < -0.4 is 0 Å². The Morgan fingerprint density at radius 3 is 2.32 bits per heavy atom. The van der Waals surface area contributed by atoms with Crippen molar-refractivity contribution in [1.29, 1.82) is 0 Å². The van der Waals surface area contributed by atoms with Crippen molar-refractivity contribution in [2.45, 2.75) is 38.6 Å². The van der Waals surface area contributed by atoms with E-state index in [9.17, 15) is 18.0 Å². The summed E-state index contributed by atoms with van der Waals surface area (Å²) in [5.41, 5.74) is -0.126. The van der Waals surface area contributed by atoms with Crippen LogP contribution in [-0.4, -0.2) is 23.4 Å². The molecule has 19 heavy (non-hydrogen) atoms. The first-order chi connectivity index (χ1) is 9.04. The van der Waals surface area contributed by atoms with Crippen LogP contribution in [0.3, 0.4) is 0 Å². The lowest BCUT2D eigenvalue weighted by Gasteiger charge is -2.22. The predicted molar refractivity (Wildman–Crippen MR) is 65.3 cm³/mol. The second-order valence-corrected chi connectivity index (χ2v) is 4.84. The van der Waals surface area contributed by atoms with Gasteiger partial charge in [0.25, 0.3) is 5.91 Å². The number of carbonyl (C=O) groups excluding carboxylic acids is 1. The van der Waals surface area contributed by atoms with Crippen LogP contribution in [0.25, 0.3) is 0 Å². The lowest BCUT2D eigenvalue weighted by atomic mass is 10.1. The highest BCUT2D eigenvalue weighted by molar-refractivity contribution is 5.94. The quantitative estimate of drug-likeness (QED) is 0.750. The molecule has 104 valence electrons. The van der Waals surface area contributed by atoms with Crippen LogP contribution in [0, 0.1) is 17.5 Å². The van der Waals surface area contributed by atoms with Crippen molar-refractivity contribution < 1.29 is 18.0 Å². The molecule has 1 amide bonds. The van der Waals surface area contributed by atoms with Gasteiger partial charge in [-0.25, -0.2) is 13.2 Å². The molecule has 1 aliphatic carbocycles. The van der Waals surface area contributed by atoms with Crippen molar-refractivity contribution in [1.82, 2.24) is 4.90 Å². The van der Waals surface area contributed by atoms with Crippen molar-refractivity contribution in [3.05, 3.63) is 35.1 Å². The molecule has 2 nitrogen and oxygen atoms in total. The average molecular weight is 271 g/mol. The van der Waals surface area contributed by atoms with Crippen molar-refractivity contribution in [3.8, 4) is 0 Å². The van der Waals surface area contributed by atoms with Gasteiger partial charge in [-0.2, -0.15) is 0 Å². The van der Waals surface area contributed by atoms with Crippen LogP contribution in [0.4, 0.5) is 13.2 Å². The molecular weight excluding hydrogens is 255 g/mol. The summed E-state index contributed by atoms with van der Waals surface area (Å²) in [6, 6.07) is 1.69. The third-order valence-corrected chi connectivity index (χ3v) is 3.23. The van der Waals surface area contributed by atoms with E-state index in [-0.39, 0.29) is 11.6 Å². The summed E-state index contributed by atoms with van der Waals surface area (Å²) >= 11 is 0. The summed E-state index contributed by atoms with van der Waals surface area (Å²) in [5, 5.41) is 0. The van der Waals surface area contributed by atoms with E-state index in [1.165, 1.54) is 0 Å². The molecule has 0 saturated heterocycles. The number of benzene rings is 1. The molecule has 0 spiro atoms. The van der Waals surface area contributed by atoms with Gasteiger partial charge in [-0.15, -0.1) is 0 Å². The molecule has 0 aromatic heterocycles. The van der Waals surface area contributed by atoms with Gasteiger partial charge in [0.05, 0.1) is 0 Å². The summed E-state index contributed by atoms with van der Waals surface area (Å²) in [6.07, 6.45) is 3.61. The topological polar surface area (TPSA) is 20.3 Å². The number of hydrogen-bond donors (Lipinski definition) is 0. The molecule has 0 radical (unpaired) electrons. The molecule has 2 rings (SSSR count). The van der Waals surface area contributed by atoms with Gasteiger partial charge in [-0.05, 0) is 31.4 Å². The Morgan fingerprint density at radius 2 is 1.84 bits per heavy atom. The van der Waals surface area contributed by atoms with E-state index in [0.717, 1.165) is 37.8 Å². The lowest BCUT2D eigenvalue weighted by molar-refractivity contribution is 0.0739. The SMILES string of the molecule is CCCCN(C(=O)c1cc(F)c(F)c(F)c1)C1CC1. The standard InChI is InChI=1S/C14H16F3NO/c1-2-3-6-18(10-4-5-10)14(19)9-7-11(15)13(17)12(16)8-9/h7-8,10H,2-6H2,1H3. The van der Waals surface area contributed by atoms with Gasteiger partial charge in [-0.3, -0.25) is 4.79 Å². The Balaban J connectivity index is 2.21. The Hall–Kier alpha value is -1.52. The van der Waals surface area contributed by atoms with E-state index in [0.29, 0.717) is 6.54 Å². The second-order valence-electron chi connectivity index (χ2n) is 4.84. The fraction of sp³-hybridized carbons (Fsp3) is 0.500. The zero-order valence-electron chi connectivity index (χ0n) is 10.8. The number of nitrogens with zero attached hydrogens (tertiary/aromatic N) is 1. The maximum atomic E-state index is 13.1. The predicted octanol–water partition coefficient (Wildman–Crippen LogP) is 3.51. The summed E-state index contributed by atoms with van der Waals surface area (Å²) in [7, 11) is 0. The van der Waals surface area contributed by atoms with Crippen LogP contribution in [0.2, 0.25) is 0 Å². The number of halogens is 3. The first kappa shape index (κ1) is 13.9. The highest BCUT2D eigenvalue weighted by atomic mass is 19.2. The number of rotatable bonds is 5. The first-order valence-corrected chi connectivity index (χ1v) is 6.50. The largest absolute Gasteiger partial charge is 0.336 e. The molecule has 0 atom stereocenters. The lowest BCUT2D eigenvalue weighted by Crippen LogP contribution is -2.34. The minimum Gasteiger partial charge on any atom is -0.336 e. The molecule has 0 aliphatic heterocycles. The number of hydrogen-bond acceptors (Lipinski definition) is 1. The van der Waals surface area contributed by atoms with Crippen molar-refractivity contribution in [3.63, 3.8) is 0 Å². The number of amides is 1. The van der Waals surface area contributed by atoms with Gasteiger partial charge in [0.2, 0.25) is 0 Å². The molecular formula is C14H16F3NO. The van der Waals surface area contributed by atoms with Gasteiger partial charge in [0, 0.05) is 18.2 Å². The highest BCUT2D eigenvalue weighted by Gasteiger charge is 2.33. The van der Waals surface area contributed by atoms with E-state index < -0.39 is 23.4 Å². The molecule has 0 heterocycles. The van der Waals surface area contributed by atoms with E-state index in [2.05, 4.69) is 0 Å². The Bertz CT molecular complexity index is 463. The Kier molecular flexibility index (Phi) is 4.12. The summed E-state index contributed by atoms with van der Waals surface area (Å²) < 4.78 is 39.2. The maximum Gasteiger partial charge on any atom is 0.254 e. The monoisotopic (exact) mass is 271 g/mol. The Morgan fingerprint density at radius 1 is 1.26 bits per heavy atom. The van der Waals surface area contributed by atoms with Crippen LogP contribution in [-0.2, 0) is 0 Å². The van der Waals surface area contributed by atoms with Gasteiger partial charge in [0.15, 0.2) is 17.5 Å². The van der Waals surface area contributed by atoms with E-state index in [4.69, 9.17) is 0 Å².